The third kappa shape index (κ3) is 5.12. The van der Waals surface area contributed by atoms with E-state index in [0.717, 1.165) is 6.54 Å². The average molecular weight is 305 g/mol. The van der Waals surface area contributed by atoms with Crippen molar-refractivity contribution in [3.63, 3.8) is 0 Å². The molecule has 0 aliphatic carbocycles. The quantitative estimate of drug-likeness (QED) is 0.367. The van der Waals surface area contributed by atoms with Crippen LogP contribution < -0.4 is 10.6 Å². The first-order valence-electron chi connectivity index (χ1n) is 5.96. The first-order valence-corrected chi connectivity index (χ1v) is 6.72. The molecule has 7 heteroatoms. The van der Waals surface area contributed by atoms with Gasteiger partial charge in [-0.15, -0.1) is 0 Å². The second kappa shape index (κ2) is 7.40. The summed E-state index contributed by atoms with van der Waals surface area (Å²) >= 11 is 12.0. The Bertz CT molecular complexity index is 451. The number of oxime groups is 1. The van der Waals surface area contributed by atoms with Crippen LogP contribution in [0.2, 0.25) is 10.0 Å². The minimum Gasteiger partial charge on any atom is -0.409 e. The average Bonchev–Trinajstić information content (AvgIpc) is 2.34. The highest BCUT2D eigenvalue weighted by Crippen LogP contribution is 2.26. The molecule has 0 radical (unpaired) electrons. The van der Waals surface area contributed by atoms with Crippen LogP contribution in [0.3, 0.4) is 0 Å². The maximum absolute atomic E-state index is 8.58. The summed E-state index contributed by atoms with van der Waals surface area (Å²) in [4.78, 5) is 6.26. The molecule has 0 atom stereocenters. The maximum Gasteiger partial charge on any atom is 0.147 e. The summed E-state index contributed by atoms with van der Waals surface area (Å²) in [5.41, 5.74) is 5.49. The molecule has 0 aliphatic heterocycles. The third-order valence-electron chi connectivity index (χ3n) is 2.44. The molecule has 0 aromatic carbocycles. The van der Waals surface area contributed by atoms with Gasteiger partial charge < -0.3 is 15.8 Å². The molecule has 3 N–H and O–H groups in total. The van der Waals surface area contributed by atoms with Crippen LogP contribution in [-0.2, 0) is 0 Å². The summed E-state index contributed by atoms with van der Waals surface area (Å²) in [5.74, 6) is 1.27. The van der Waals surface area contributed by atoms with E-state index < -0.39 is 0 Å². The fourth-order valence-electron chi connectivity index (χ4n) is 1.66. The van der Waals surface area contributed by atoms with Gasteiger partial charge in [-0.2, -0.15) is 0 Å². The molecule has 1 heterocycles. The SMILES string of the molecule is CC(C)CN(CCC(N)=NO)c1ncc(Cl)cc1Cl. The second-order valence-electron chi connectivity index (χ2n) is 4.64. The predicted molar refractivity (Wildman–Crippen MR) is 79.3 cm³/mol. The first kappa shape index (κ1) is 15.9. The van der Waals surface area contributed by atoms with Crippen molar-refractivity contribution in [1.29, 1.82) is 0 Å². The number of anilines is 1. The number of nitrogens with two attached hydrogens (primary N) is 1. The fourth-order valence-corrected chi connectivity index (χ4v) is 2.16. The fraction of sp³-hybridized carbons (Fsp3) is 0.500. The zero-order chi connectivity index (χ0) is 14.4. The van der Waals surface area contributed by atoms with Crippen molar-refractivity contribution in [2.75, 3.05) is 18.0 Å². The molecule has 1 aromatic heterocycles. The lowest BCUT2D eigenvalue weighted by Gasteiger charge is -2.26. The van der Waals surface area contributed by atoms with E-state index in [1.165, 1.54) is 0 Å². The van der Waals surface area contributed by atoms with E-state index in [2.05, 4.69) is 24.0 Å². The van der Waals surface area contributed by atoms with E-state index in [1.54, 1.807) is 12.3 Å². The number of aromatic nitrogens is 1. The number of amidine groups is 1. The zero-order valence-corrected chi connectivity index (χ0v) is 12.5. The summed E-state index contributed by atoms with van der Waals surface area (Å²) in [7, 11) is 0. The van der Waals surface area contributed by atoms with Crippen molar-refractivity contribution in [2.45, 2.75) is 20.3 Å². The number of hydrogen-bond donors (Lipinski definition) is 2. The number of nitrogens with zero attached hydrogens (tertiary/aromatic N) is 3. The van der Waals surface area contributed by atoms with Crippen LogP contribution in [-0.4, -0.2) is 29.1 Å². The van der Waals surface area contributed by atoms with Crippen LogP contribution >= 0.6 is 23.2 Å². The largest absolute Gasteiger partial charge is 0.409 e. The van der Waals surface area contributed by atoms with Gasteiger partial charge in [0.2, 0.25) is 0 Å². The topological polar surface area (TPSA) is 74.7 Å². The molecule has 5 nitrogen and oxygen atoms in total. The zero-order valence-electron chi connectivity index (χ0n) is 11.0. The molecule has 0 aliphatic rings. The van der Waals surface area contributed by atoms with Gasteiger partial charge in [0.25, 0.3) is 0 Å². The number of hydrogen-bond acceptors (Lipinski definition) is 4. The van der Waals surface area contributed by atoms with Gasteiger partial charge in [0.05, 0.1) is 10.0 Å². The molecule has 1 rings (SSSR count). The van der Waals surface area contributed by atoms with Crippen molar-refractivity contribution < 1.29 is 5.21 Å². The monoisotopic (exact) mass is 304 g/mol. The maximum atomic E-state index is 8.58. The third-order valence-corrected chi connectivity index (χ3v) is 2.92. The van der Waals surface area contributed by atoms with Crippen LogP contribution in [0.25, 0.3) is 0 Å². The molecule has 0 saturated heterocycles. The molecule has 0 fully saturated rings. The Kier molecular flexibility index (Phi) is 6.18. The predicted octanol–water partition coefficient (Wildman–Crippen LogP) is 2.99. The smallest absolute Gasteiger partial charge is 0.147 e. The highest BCUT2D eigenvalue weighted by Gasteiger charge is 2.14. The van der Waals surface area contributed by atoms with Crippen molar-refractivity contribution in [2.24, 2.45) is 16.8 Å². The Balaban J connectivity index is 2.89. The molecule has 106 valence electrons. The number of pyridine rings is 1. The molecule has 19 heavy (non-hydrogen) atoms. The van der Waals surface area contributed by atoms with Crippen LogP contribution in [0.15, 0.2) is 17.4 Å². The van der Waals surface area contributed by atoms with E-state index in [9.17, 15) is 0 Å². The van der Waals surface area contributed by atoms with Gasteiger partial charge in [-0.3, -0.25) is 0 Å². The van der Waals surface area contributed by atoms with E-state index in [1.807, 2.05) is 4.90 Å². The van der Waals surface area contributed by atoms with Crippen LogP contribution in [0, 0.1) is 5.92 Å². The Morgan fingerprint density at radius 1 is 1.53 bits per heavy atom. The van der Waals surface area contributed by atoms with Gasteiger partial charge in [0.15, 0.2) is 0 Å². The highest BCUT2D eigenvalue weighted by molar-refractivity contribution is 6.36. The lowest BCUT2D eigenvalue weighted by Crippen LogP contribution is -2.32. The summed E-state index contributed by atoms with van der Waals surface area (Å²) < 4.78 is 0. The Labute approximate surface area is 123 Å². The van der Waals surface area contributed by atoms with E-state index in [-0.39, 0.29) is 5.84 Å². The van der Waals surface area contributed by atoms with E-state index in [0.29, 0.717) is 34.7 Å². The van der Waals surface area contributed by atoms with Gasteiger partial charge in [-0.1, -0.05) is 42.2 Å². The highest BCUT2D eigenvalue weighted by atomic mass is 35.5. The lowest BCUT2D eigenvalue weighted by molar-refractivity contribution is 0.317. The summed E-state index contributed by atoms with van der Waals surface area (Å²) in [6.07, 6.45) is 1.99. The lowest BCUT2D eigenvalue weighted by atomic mass is 10.2. The summed E-state index contributed by atoms with van der Waals surface area (Å²) in [6.45, 7) is 5.54. The van der Waals surface area contributed by atoms with Crippen molar-refractivity contribution >= 4 is 34.9 Å². The summed E-state index contributed by atoms with van der Waals surface area (Å²) in [5, 5.41) is 12.5. The van der Waals surface area contributed by atoms with E-state index in [4.69, 9.17) is 34.1 Å². The van der Waals surface area contributed by atoms with Gasteiger partial charge in [-0.25, -0.2) is 4.98 Å². The molecule has 0 spiro atoms. The Hall–Kier alpha value is -1.20. The Morgan fingerprint density at radius 3 is 2.74 bits per heavy atom. The van der Waals surface area contributed by atoms with E-state index >= 15 is 0 Å². The van der Waals surface area contributed by atoms with Crippen molar-refractivity contribution in [3.05, 3.63) is 22.3 Å². The molecule has 0 amide bonds. The van der Waals surface area contributed by atoms with Crippen molar-refractivity contribution in [3.8, 4) is 0 Å². The van der Waals surface area contributed by atoms with Gasteiger partial charge in [-0.05, 0) is 12.0 Å². The minimum atomic E-state index is 0.179. The van der Waals surface area contributed by atoms with Crippen LogP contribution in [0.1, 0.15) is 20.3 Å². The second-order valence-corrected chi connectivity index (χ2v) is 5.48. The van der Waals surface area contributed by atoms with Gasteiger partial charge >= 0.3 is 0 Å². The molecule has 0 unspecified atom stereocenters. The minimum absolute atomic E-state index is 0.179. The Morgan fingerprint density at radius 2 is 2.21 bits per heavy atom. The molecular formula is C12H18Cl2N4O. The molecule has 0 bridgehead atoms. The van der Waals surface area contributed by atoms with Gasteiger partial charge in [0, 0.05) is 25.7 Å². The first-order chi connectivity index (χ1) is 8.93. The van der Waals surface area contributed by atoms with Crippen LogP contribution in [0.4, 0.5) is 5.82 Å². The number of halogens is 2. The summed E-state index contributed by atoms with van der Waals surface area (Å²) in [6, 6.07) is 1.66. The normalized spacial score (nSPS) is 11.9. The van der Waals surface area contributed by atoms with Crippen molar-refractivity contribution in [1.82, 2.24) is 4.98 Å². The molecular weight excluding hydrogens is 287 g/mol. The number of rotatable bonds is 6. The molecule has 1 aromatic rings. The molecule has 0 saturated carbocycles. The van der Waals surface area contributed by atoms with Gasteiger partial charge in [0.1, 0.15) is 11.7 Å². The standard InChI is InChI=1S/C12H18Cl2N4O/c1-8(2)7-18(4-3-11(15)17-19)12-10(14)5-9(13)6-16-12/h5-6,8,19H,3-4,7H2,1-2H3,(H2,15,17). The van der Waals surface area contributed by atoms with Crippen LogP contribution in [0.5, 0.6) is 0 Å².